The van der Waals surface area contributed by atoms with Crippen LogP contribution >= 0.6 is 0 Å². The number of nitrogens with zero attached hydrogens (tertiary/aromatic N) is 2. The molecule has 4 nitrogen and oxygen atoms in total. The molecule has 1 amide bonds. The molecule has 4 heteroatoms. The third-order valence-electron chi connectivity index (χ3n) is 5.93. The first-order chi connectivity index (χ1) is 12.0. The second-order valence-corrected chi connectivity index (χ2v) is 8.16. The molecule has 2 aliphatic heterocycles. The molecule has 2 fully saturated rings. The second kappa shape index (κ2) is 8.33. The van der Waals surface area contributed by atoms with Gasteiger partial charge in [-0.1, -0.05) is 36.8 Å². The first kappa shape index (κ1) is 18.4. The molecule has 0 aromatic heterocycles. The second-order valence-electron chi connectivity index (χ2n) is 8.16. The largest absolute Gasteiger partial charge is 0.341 e. The quantitative estimate of drug-likeness (QED) is 0.914. The molecule has 2 unspecified atom stereocenters. The van der Waals surface area contributed by atoms with Gasteiger partial charge in [0.05, 0.1) is 0 Å². The predicted molar refractivity (Wildman–Crippen MR) is 102 cm³/mol. The fourth-order valence-electron chi connectivity index (χ4n) is 4.14. The van der Waals surface area contributed by atoms with Crippen LogP contribution in [0.3, 0.4) is 0 Å². The number of likely N-dealkylation sites (tertiary alicyclic amines) is 2. The van der Waals surface area contributed by atoms with Gasteiger partial charge >= 0.3 is 0 Å². The van der Waals surface area contributed by atoms with Crippen molar-refractivity contribution in [1.82, 2.24) is 9.80 Å². The monoisotopic (exact) mass is 343 g/mol. The van der Waals surface area contributed by atoms with Gasteiger partial charge in [0.2, 0.25) is 5.91 Å². The summed E-state index contributed by atoms with van der Waals surface area (Å²) in [5.41, 5.74) is 8.37. The minimum Gasteiger partial charge on any atom is -0.341 e. The molecule has 138 valence electrons. The number of hydrogen-bond donors (Lipinski definition) is 1. The van der Waals surface area contributed by atoms with E-state index in [0.717, 1.165) is 37.5 Å². The average molecular weight is 344 g/mol. The van der Waals surface area contributed by atoms with Crippen molar-refractivity contribution in [3.05, 3.63) is 35.4 Å². The van der Waals surface area contributed by atoms with Crippen molar-refractivity contribution in [2.75, 3.05) is 32.7 Å². The Balaban J connectivity index is 1.55. The van der Waals surface area contributed by atoms with E-state index in [1.165, 1.54) is 37.9 Å². The number of amides is 1. The molecule has 0 spiro atoms. The lowest BCUT2D eigenvalue weighted by molar-refractivity contribution is -0.134. The molecular weight excluding hydrogens is 310 g/mol. The van der Waals surface area contributed by atoms with Crippen LogP contribution in [-0.2, 0) is 4.79 Å². The van der Waals surface area contributed by atoms with E-state index in [9.17, 15) is 4.79 Å². The van der Waals surface area contributed by atoms with Gasteiger partial charge in [0.15, 0.2) is 0 Å². The molecule has 25 heavy (non-hydrogen) atoms. The summed E-state index contributed by atoms with van der Waals surface area (Å²) in [6.07, 6.45) is 4.96. The molecule has 1 aromatic carbocycles. The van der Waals surface area contributed by atoms with E-state index in [-0.39, 0.29) is 5.91 Å². The lowest BCUT2D eigenvalue weighted by atomic mass is 9.93. The topological polar surface area (TPSA) is 49.6 Å². The summed E-state index contributed by atoms with van der Waals surface area (Å²) in [5.74, 6) is 1.55. The number of nitrogens with two attached hydrogens (primary N) is 1. The van der Waals surface area contributed by atoms with E-state index >= 15 is 0 Å². The fourth-order valence-corrected chi connectivity index (χ4v) is 4.14. The van der Waals surface area contributed by atoms with Gasteiger partial charge in [-0.25, -0.2) is 0 Å². The molecule has 2 saturated heterocycles. The Labute approximate surface area is 152 Å². The zero-order valence-electron chi connectivity index (χ0n) is 15.8. The van der Waals surface area contributed by atoms with E-state index in [1.54, 1.807) is 0 Å². The zero-order valence-corrected chi connectivity index (χ0v) is 15.8. The molecule has 2 atom stereocenters. The Morgan fingerprint density at radius 3 is 2.52 bits per heavy atom. The number of carbonyl (C=O) groups excluding carboxylic acids is 1. The highest BCUT2D eigenvalue weighted by atomic mass is 16.2. The van der Waals surface area contributed by atoms with Crippen LogP contribution in [0.1, 0.15) is 49.8 Å². The Bertz CT molecular complexity index is 563. The van der Waals surface area contributed by atoms with Crippen molar-refractivity contribution in [3.8, 4) is 0 Å². The Hall–Kier alpha value is -1.39. The standard InChI is InChI=1S/C21H33N3O/c1-16-5-7-19(8-6-16)20(22)21(25)24-11-3-4-18(15-24)14-23-12-9-17(2)10-13-23/h5-8,17-18,20H,3-4,9-15,22H2,1-2H3. The average Bonchev–Trinajstić information content (AvgIpc) is 2.63. The van der Waals surface area contributed by atoms with Gasteiger partial charge in [-0.2, -0.15) is 0 Å². The maximum Gasteiger partial charge on any atom is 0.244 e. The summed E-state index contributed by atoms with van der Waals surface area (Å²) in [5, 5.41) is 0. The summed E-state index contributed by atoms with van der Waals surface area (Å²) >= 11 is 0. The number of rotatable bonds is 4. The first-order valence-corrected chi connectivity index (χ1v) is 9.86. The summed E-state index contributed by atoms with van der Waals surface area (Å²) < 4.78 is 0. The van der Waals surface area contributed by atoms with E-state index < -0.39 is 6.04 Å². The SMILES string of the molecule is Cc1ccc(C(N)C(=O)N2CCCC(CN3CCC(C)CC3)C2)cc1. The van der Waals surface area contributed by atoms with Crippen LogP contribution in [-0.4, -0.2) is 48.4 Å². The summed E-state index contributed by atoms with van der Waals surface area (Å²) in [6, 6.07) is 7.48. The highest BCUT2D eigenvalue weighted by Gasteiger charge is 2.29. The van der Waals surface area contributed by atoms with E-state index in [1.807, 2.05) is 36.1 Å². The number of aryl methyl sites for hydroxylation is 1. The van der Waals surface area contributed by atoms with Gasteiger partial charge in [0.25, 0.3) is 0 Å². The van der Waals surface area contributed by atoms with Gasteiger partial charge in [0, 0.05) is 19.6 Å². The maximum atomic E-state index is 12.9. The van der Waals surface area contributed by atoms with Crippen LogP contribution in [0, 0.1) is 18.8 Å². The minimum atomic E-state index is -0.532. The predicted octanol–water partition coefficient (Wildman–Crippen LogP) is 2.97. The van der Waals surface area contributed by atoms with E-state index in [4.69, 9.17) is 5.73 Å². The van der Waals surface area contributed by atoms with Crippen molar-refractivity contribution in [1.29, 1.82) is 0 Å². The molecule has 0 aliphatic carbocycles. The van der Waals surface area contributed by atoms with Crippen LogP contribution in [0.5, 0.6) is 0 Å². The van der Waals surface area contributed by atoms with Crippen molar-refractivity contribution in [2.24, 2.45) is 17.6 Å². The highest BCUT2D eigenvalue weighted by molar-refractivity contribution is 5.83. The lowest BCUT2D eigenvalue weighted by Gasteiger charge is -2.38. The summed E-state index contributed by atoms with van der Waals surface area (Å²) in [6.45, 7) is 9.69. The van der Waals surface area contributed by atoms with Gasteiger partial charge in [0.1, 0.15) is 6.04 Å². The molecule has 3 rings (SSSR count). The number of hydrogen-bond acceptors (Lipinski definition) is 3. The van der Waals surface area contributed by atoms with Crippen molar-refractivity contribution < 1.29 is 4.79 Å². The molecule has 0 radical (unpaired) electrons. The van der Waals surface area contributed by atoms with Crippen LogP contribution in [0.4, 0.5) is 0 Å². The fraction of sp³-hybridized carbons (Fsp3) is 0.667. The molecule has 2 heterocycles. The molecular formula is C21H33N3O. The van der Waals surface area contributed by atoms with Gasteiger partial charge in [-0.3, -0.25) is 4.79 Å². The van der Waals surface area contributed by atoms with Crippen molar-refractivity contribution in [2.45, 2.75) is 45.6 Å². The van der Waals surface area contributed by atoms with Crippen LogP contribution < -0.4 is 5.73 Å². The zero-order chi connectivity index (χ0) is 17.8. The Morgan fingerprint density at radius 1 is 1.16 bits per heavy atom. The van der Waals surface area contributed by atoms with Crippen LogP contribution in [0.25, 0.3) is 0 Å². The van der Waals surface area contributed by atoms with E-state index in [2.05, 4.69) is 11.8 Å². The Morgan fingerprint density at radius 2 is 1.84 bits per heavy atom. The molecule has 2 N–H and O–H groups in total. The third kappa shape index (κ3) is 4.83. The van der Waals surface area contributed by atoms with E-state index in [0.29, 0.717) is 5.92 Å². The third-order valence-corrected chi connectivity index (χ3v) is 5.93. The van der Waals surface area contributed by atoms with Gasteiger partial charge < -0.3 is 15.5 Å². The van der Waals surface area contributed by atoms with Gasteiger partial charge in [-0.05, 0) is 63.1 Å². The number of benzene rings is 1. The first-order valence-electron chi connectivity index (χ1n) is 9.86. The summed E-state index contributed by atoms with van der Waals surface area (Å²) in [4.78, 5) is 17.5. The molecule has 0 saturated carbocycles. The van der Waals surface area contributed by atoms with Gasteiger partial charge in [-0.15, -0.1) is 0 Å². The van der Waals surface area contributed by atoms with Crippen molar-refractivity contribution >= 4 is 5.91 Å². The molecule has 0 bridgehead atoms. The normalized spacial score (nSPS) is 24.3. The Kier molecular flexibility index (Phi) is 6.13. The maximum absolute atomic E-state index is 12.9. The summed E-state index contributed by atoms with van der Waals surface area (Å²) in [7, 11) is 0. The van der Waals surface area contributed by atoms with Crippen molar-refractivity contribution in [3.63, 3.8) is 0 Å². The minimum absolute atomic E-state index is 0.0841. The lowest BCUT2D eigenvalue weighted by Crippen LogP contribution is -2.47. The van der Waals surface area contributed by atoms with Crippen LogP contribution in [0.2, 0.25) is 0 Å². The smallest absolute Gasteiger partial charge is 0.244 e. The number of piperidine rings is 2. The highest BCUT2D eigenvalue weighted by Crippen LogP contribution is 2.24. The molecule has 1 aromatic rings. The molecule has 2 aliphatic rings. The number of carbonyl (C=O) groups is 1. The van der Waals surface area contributed by atoms with Crippen LogP contribution in [0.15, 0.2) is 24.3 Å².